The molecule has 1 atom stereocenters. The van der Waals surface area contributed by atoms with Crippen LogP contribution in [-0.4, -0.2) is 66.3 Å². The highest BCUT2D eigenvalue weighted by Gasteiger charge is 2.35. The molecule has 2 heterocycles. The Morgan fingerprint density at radius 3 is 2.59 bits per heavy atom. The lowest BCUT2D eigenvalue weighted by Crippen LogP contribution is -2.52. The Labute approximate surface area is 132 Å². The number of nitrogens with zero attached hydrogens (tertiary/aromatic N) is 2. The van der Waals surface area contributed by atoms with E-state index in [4.69, 9.17) is 9.47 Å². The van der Waals surface area contributed by atoms with Crippen LogP contribution in [0.25, 0.3) is 0 Å². The predicted octanol–water partition coefficient (Wildman–Crippen LogP) is 2.02. The summed E-state index contributed by atoms with van der Waals surface area (Å²) in [5.41, 5.74) is -0.590. The summed E-state index contributed by atoms with van der Waals surface area (Å²) in [7, 11) is 0. The van der Waals surface area contributed by atoms with Gasteiger partial charge in [0.15, 0.2) is 0 Å². The number of rotatable bonds is 2. The number of imide groups is 1. The Hall–Kier alpha value is -1.14. The van der Waals surface area contributed by atoms with E-state index in [0.29, 0.717) is 26.2 Å². The molecule has 0 aromatic carbocycles. The van der Waals surface area contributed by atoms with E-state index in [2.05, 4.69) is 4.90 Å². The molecule has 0 spiro atoms. The van der Waals surface area contributed by atoms with E-state index in [1.54, 1.807) is 0 Å². The van der Waals surface area contributed by atoms with Gasteiger partial charge in [0.05, 0.1) is 19.3 Å². The minimum absolute atomic E-state index is 0.0945. The maximum absolute atomic E-state index is 12.5. The van der Waals surface area contributed by atoms with Crippen LogP contribution in [0.5, 0.6) is 0 Å². The predicted molar refractivity (Wildman–Crippen MR) is 82.6 cm³/mol. The summed E-state index contributed by atoms with van der Waals surface area (Å²) >= 11 is 0. The first-order valence-electron chi connectivity index (χ1n) is 8.22. The maximum Gasteiger partial charge on any atom is 0.417 e. The average Bonchev–Trinajstić information content (AvgIpc) is 2.59. The molecule has 0 aromatic heterocycles. The maximum atomic E-state index is 12.5. The molecule has 22 heavy (non-hydrogen) atoms. The molecule has 0 aromatic rings. The number of morpholine rings is 1. The van der Waals surface area contributed by atoms with E-state index in [9.17, 15) is 9.59 Å². The molecule has 2 aliphatic rings. The van der Waals surface area contributed by atoms with Crippen LogP contribution in [0.15, 0.2) is 0 Å². The third kappa shape index (κ3) is 4.95. The average molecular weight is 312 g/mol. The van der Waals surface area contributed by atoms with Gasteiger partial charge in [-0.25, -0.2) is 9.69 Å². The molecule has 0 aliphatic carbocycles. The fourth-order valence-electron chi connectivity index (χ4n) is 2.93. The van der Waals surface area contributed by atoms with Gasteiger partial charge >= 0.3 is 6.09 Å². The zero-order valence-corrected chi connectivity index (χ0v) is 14.0. The first kappa shape index (κ1) is 17.2. The first-order chi connectivity index (χ1) is 10.4. The zero-order chi connectivity index (χ0) is 16.2. The highest BCUT2D eigenvalue weighted by molar-refractivity contribution is 5.92. The quantitative estimate of drug-likeness (QED) is 0.781. The Kier molecular flexibility index (Phi) is 5.81. The van der Waals surface area contributed by atoms with Gasteiger partial charge in [-0.2, -0.15) is 0 Å². The van der Waals surface area contributed by atoms with Gasteiger partial charge in [0.25, 0.3) is 0 Å². The normalized spacial score (nSPS) is 25.0. The molecular weight excluding hydrogens is 284 g/mol. The summed E-state index contributed by atoms with van der Waals surface area (Å²) in [6.07, 6.45) is 2.59. The van der Waals surface area contributed by atoms with Gasteiger partial charge in [-0.15, -0.1) is 0 Å². The fourth-order valence-corrected chi connectivity index (χ4v) is 2.93. The zero-order valence-electron chi connectivity index (χ0n) is 14.0. The van der Waals surface area contributed by atoms with E-state index < -0.39 is 11.7 Å². The van der Waals surface area contributed by atoms with Crippen LogP contribution in [-0.2, 0) is 14.3 Å². The molecule has 2 amide bonds. The smallest absolute Gasteiger partial charge is 0.417 e. The van der Waals surface area contributed by atoms with Crippen molar-refractivity contribution in [2.45, 2.75) is 58.1 Å². The fraction of sp³-hybridized carbons (Fsp3) is 0.875. The van der Waals surface area contributed by atoms with Crippen molar-refractivity contribution in [2.24, 2.45) is 0 Å². The highest BCUT2D eigenvalue weighted by Crippen LogP contribution is 2.22. The van der Waals surface area contributed by atoms with Crippen LogP contribution in [0.2, 0.25) is 0 Å². The van der Waals surface area contributed by atoms with Crippen LogP contribution in [0.4, 0.5) is 4.79 Å². The molecule has 0 bridgehead atoms. The van der Waals surface area contributed by atoms with E-state index >= 15 is 0 Å². The molecule has 6 nitrogen and oxygen atoms in total. The van der Waals surface area contributed by atoms with E-state index in [1.165, 1.54) is 4.90 Å². The van der Waals surface area contributed by atoms with Crippen LogP contribution in [0, 0.1) is 0 Å². The third-order valence-corrected chi connectivity index (χ3v) is 3.97. The lowest BCUT2D eigenvalue weighted by molar-refractivity contribution is -0.132. The molecule has 0 radical (unpaired) electrons. The van der Waals surface area contributed by atoms with Crippen LogP contribution in [0.1, 0.15) is 46.5 Å². The summed E-state index contributed by atoms with van der Waals surface area (Å²) in [5.74, 6) is -0.106. The first-order valence-corrected chi connectivity index (χ1v) is 8.22. The molecule has 2 rings (SSSR count). The number of ether oxygens (including phenoxy) is 2. The van der Waals surface area contributed by atoms with Crippen molar-refractivity contribution in [3.63, 3.8) is 0 Å². The minimum Gasteiger partial charge on any atom is -0.443 e. The van der Waals surface area contributed by atoms with Crippen molar-refractivity contribution in [3.05, 3.63) is 0 Å². The molecule has 2 saturated heterocycles. The molecular formula is C16H28N2O4. The SMILES string of the molecule is CC(C)(C)OC(=O)N1C(=O)CCCCC1CN1CCOCC1. The van der Waals surface area contributed by atoms with Crippen molar-refractivity contribution < 1.29 is 19.1 Å². The van der Waals surface area contributed by atoms with Crippen molar-refractivity contribution in [3.8, 4) is 0 Å². The number of carbonyl (C=O) groups is 2. The van der Waals surface area contributed by atoms with Crippen molar-refractivity contribution in [2.75, 3.05) is 32.8 Å². The third-order valence-electron chi connectivity index (χ3n) is 3.97. The minimum atomic E-state index is -0.590. The van der Waals surface area contributed by atoms with Crippen LogP contribution < -0.4 is 0 Å². The van der Waals surface area contributed by atoms with Crippen molar-refractivity contribution in [1.82, 2.24) is 9.80 Å². The topological polar surface area (TPSA) is 59.1 Å². The molecule has 6 heteroatoms. The van der Waals surface area contributed by atoms with Crippen molar-refractivity contribution >= 4 is 12.0 Å². The van der Waals surface area contributed by atoms with Gasteiger partial charge in [0.1, 0.15) is 5.60 Å². The molecule has 0 N–H and O–H groups in total. The van der Waals surface area contributed by atoms with Crippen molar-refractivity contribution in [1.29, 1.82) is 0 Å². The number of carbonyl (C=O) groups excluding carboxylic acids is 2. The highest BCUT2D eigenvalue weighted by atomic mass is 16.6. The molecule has 0 saturated carbocycles. The molecule has 1 unspecified atom stereocenters. The molecule has 2 fully saturated rings. The number of amides is 2. The largest absolute Gasteiger partial charge is 0.443 e. The lowest BCUT2D eigenvalue weighted by atomic mass is 10.1. The summed E-state index contributed by atoms with van der Waals surface area (Å²) in [4.78, 5) is 28.5. The number of hydrogen-bond acceptors (Lipinski definition) is 5. The van der Waals surface area contributed by atoms with Gasteiger partial charge in [0.2, 0.25) is 5.91 Å². The number of likely N-dealkylation sites (tertiary alicyclic amines) is 1. The second-order valence-corrected chi connectivity index (χ2v) is 7.06. The summed E-state index contributed by atoms with van der Waals surface area (Å²) < 4.78 is 10.8. The summed E-state index contributed by atoms with van der Waals surface area (Å²) in [6.45, 7) is 9.33. The van der Waals surface area contributed by atoms with Gasteiger partial charge in [-0.3, -0.25) is 9.69 Å². The molecule has 126 valence electrons. The second kappa shape index (κ2) is 7.42. The van der Waals surface area contributed by atoms with E-state index in [0.717, 1.165) is 32.4 Å². The van der Waals surface area contributed by atoms with Crippen LogP contribution >= 0.6 is 0 Å². The standard InChI is InChI=1S/C16H28N2O4/c1-16(2,3)22-15(20)18-13(6-4-5-7-14(18)19)12-17-8-10-21-11-9-17/h13H,4-12H2,1-3H3. The molecule has 2 aliphatic heterocycles. The monoisotopic (exact) mass is 312 g/mol. The second-order valence-electron chi connectivity index (χ2n) is 7.06. The van der Waals surface area contributed by atoms with Gasteiger partial charge in [0, 0.05) is 26.1 Å². The Balaban J connectivity index is 2.07. The number of hydrogen-bond donors (Lipinski definition) is 0. The van der Waals surface area contributed by atoms with E-state index in [1.807, 2.05) is 20.8 Å². The van der Waals surface area contributed by atoms with E-state index in [-0.39, 0.29) is 11.9 Å². The van der Waals surface area contributed by atoms with Crippen LogP contribution in [0.3, 0.4) is 0 Å². The summed E-state index contributed by atoms with van der Waals surface area (Å²) in [6, 6.07) is -0.0945. The van der Waals surface area contributed by atoms with Gasteiger partial charge in [-0.05, 0) is 33.6 Å². The summed E-state index contributed by atoms with van der Waals surface area (Å²) in [5, 5.41) is 0. The Morgan fingerprint density at radius 1 is 1.27 bits per heavy atom. The Bertz CT molecular complexity index is 399. The lowest BCUT2D eigenvalue weighted by Gasteiger charge is -2.35. The van der Waals surface area contributed by atoms with Gasteiger partial charge in [-0.1, -0.05) is 6.42 Å². The van der Waals surface area contributed by atoms with Gasteiger partial charge < -0.3 is 9.47 Å². The Morgan fingerprint density at radius 2 is 1.95 bits per heavy atom.